The van der Waals surface area contributed by atoms with Gasteiger partial charge in [0.1, 0.15) is 0 Å². The molecular formula is C19H15ClN2O4. The summed E-state index contributed by atoms with van der Waals surface area (Å²) in [6.07, 6.45) is 0.606. The Balaban J connectivity index is 1.90. The normalized spacial score (nSPS) is 21.5. The van der Waals surface area contributed by atoms with Crippen LogP contribution in [-0.4, -0.2) is 29.4 Å². The lowest BCUT2D eigenvalue weighted by atomic mass is 9.98. The Labute approximate surface area is 154 Å². The molecule has 2 aliphatic rings. The summed E-state index contributed by atoms with van der Waals surface area (Å²) in [5, 5.41) is 0.491. The van der Waals surface area contributed by atoms with Crippen molar-refractivity contribution in [3.63, 3.8) is 0 Å². The zero-order valence-electron chi connectivity index (χ0n) is 13.9. The molecule has 132 valence electrons. The first kappa shape index (κ1) is 16.6. The van der Waals surface area contributed by atoms with Crippen molar-refractivity contribution in [1.29, 1.82) is 0 Å². The van der Waals surface area contributed by atoms with Crippen LogP contribution >= 0.6 is 11.6 Å². The van der Waals surface area contributed by atoms with Gasteiger partial charge < -0.3 is 4.74 Å². The monoisotopic (exact) mass is 370 g/mol. The summed E-state index contributed by atoms with van der Waals surface area (Å²) in [6.45, 7) is 2.16. The average Bonchev–Trinajstić information content (AvgIpc) is 3.05. The minimum Gasteiger partial charge on any atom is -0.421 e. The number of esters is 1. The first-order valence-electron chi connectivity index (χ1n) is 8.25. The Hall–Kier alpha value is -2.86. The Morgan fingerprint density at radius 1 is 1.04 bits per heavy atom. The predicted molar refractivity (Wildman–Crippen MR) is 94.9 cm³/mol. The standard InChI is InChI=1S/C19H15ClN2O4/c1-2-11-21-18(25)22(13-9-7-12(20)8-10-13)17(24)19(21)15-6-4-3-5-14(15)16(23)26-19/h3-10H,2,11H2,1H3. The van der Waals surface area contributed by atoms with E-state index in [2.05, 4.69) is 0 Å². The molecule has 2 heterocycles. The van der Waals surface area contributed by atoms with Gasteiger partial charge in [-0.05, 0) is 36.8 Å². The van der Waals surface area contributed by atoms with Gasteiger partial charge in [-0.1, -0.05) is 36.7 Å². The van der Waals surface area contributed by atoms with Crippen LogP contribution in [0.5, 0.6) is 0 Å². The fraction of sp³-hybridized carbons (Fsp3) is 0.211. The van der Waals surface area contributed by atoms with Gasteiger partial charge in [0.25, 0.3) is 5.72 Å². The van der Waals surface area contributed by atoms with Gasteiger partial charge in [0.2, 0.25) is 0 Å². The highest BCUT2D eigenvalue weighted by Crippen LogP contribution is 2.46. The number of fused-ring (bicyclic) bond motifs is 2. The van der Waals surface area contributed by atoms with Crippen molar-refractivity contribution in [1.82, 2.24) is 4.90 Å². The number of anilines is 1. The van der Waals surface area contributed by atoms with E-state index >= 15 is 0 Å². The fourth-order valence-electron chi connectivity index (χ4n) is 3.46. The fourth-order valence-corrected chi connectivity index (χ4v) is 3.59. The average molecular weight is 371 g/mol. The van der Waals surface area contributed by atoms with Gasteiger partial charge in [-0.25, -0.2) is 14.5 Å². The summed E-state index contributed by atoms with van der Waals surface area (Å²) in [5.41, 5.74) is -0.677. The molecule has 0 aliphatic carbocycles. The van der Waals surface area contributed by atoms with Gasteiger partial charge in [0.05, 0.1) is 11.3 Å². The number of amides is 3. The van der Waals surface area contributed by atoms with Crippen LogP contribution < -0.4 is 4.90 Å². The number of ether oxygens (including phenoxy) is 1. The molecule has 1 spiro atoms. The van der Waals surface area contributed by atoms with E-state index < -0.39 is 23.6 Å². The molecule has 7 heteroatoms. The molecule has 4 rings (SSSR count). The molecule has 1 unspecified atom stereocenters. The molecule has 0 bridgehead atoms. The van der Waals surface area contributed by atoms with Gasteiger partial charge in [0.15, 0.2) is 0 Å². The van der Waals surface area contributed by atoms with Crippen molar-refractivity contribution < 1.29 is 19.1 Å². The molecule has 1 fully saturated rings. The number of halogens is 1. The molecule has 1 atom stereocenters. The zero-order chi connectivity index (χ0) is 18.5. The van der Waals surface area contributed by atoms with E-state index in [4.69, 9.17) is 16.3 Å². The first-order chi connectivity index (χ1) is 12.5. The number of nitrogens with zero attached hydrogens (tertiary/aromatic N) is 2. The number of hydrogen-bond donors (Lipinski definition) is 0. The molecule has 1 saturated heterocycles. The summed E-state index contributed by atoms with van der Waals surface area (Å²) in [4.78, 5) is 41.2. The summed E-state index contributed by atoms with van der Waals surface area (Å²) in [7, 11) is 0. The maximum atomic E-state index is 13.4. The quantitative estimate of drug-likeness (QED) is 0.612. The van der Waals surface area contributed by atoms with E-state index in [1.165, 1.54) is 4.90 Å². The Morgan fingerprint density at radius 3 is 2.42 bits per heavy atom. The van der Waals surface area contributed by atoms with Gasteiger partial charge in [-0.2, -0.15) is 0 Å². The van der Waals surface area contributed by atoms with E-state index in [9.17, 15) is 14.4 Å². The van der Waals surface area contributed by atoms with Crippen molar-refractivity contribution >= 4 is 35.2 Å². The van der Waals surface area contributed by atoms with Crippen LogP contribution in [0.3, 0.4) is 0 Å². The zero-order valence-corrected chi connectivity index (χ0v) is 14.7. The molecule has 6 nitrogen and oxygen atoms in total. The second-order valence-electron chi connectivity index (χ2n) is 6.13. The lowest BCUT2D eigenvalue weighted by Crippen LogP contribution is -2.47. The Bertz CT molecular complexity index is 927. The maximum absolute atomic E-state index is 13.4. The molecule has 3 amide bonds. The number of hydrogen-bond acceptors (Lipinski definition) is 4. The van der Waals surface area contributed by atoms with Crippen LogP contribution in [0.25, 0.3) is 0 Å². The predicted octanol–water partition coefficient (Wildman–Crippen LogP) is 3.54. The molecule has 0 radical (unpaired) electrons. The van der Waals surface area contributed by atoms with Crippen LogP contribution in [0.2, 0.25) is 5.02 Å². The van der Waals surface area contributed by atoms with Gasteiger partial charge >= 0.3 is 17.9 Å². The summed E-state index contributed by atoms with van der Waals surface area (Å²) in [6, 6.07) is 12.5. The number of imide groups is 1. The molecule has 0 saturated carbocycles. The molecular weight excluding hydrogens is 356 g/mol. The number of carbonyl (C=O) groups excluding carboxylic acids is 3. The van der Waals surface area contributed by atoms with Crippen molar-refractivity contribution in [3.05, 3.63) is 64.7 Å². The Kier molecular flexibility index (Phi) is 3.73. The van der Waals surface area contributed by atoms with Crippen molar-refractivity contribution in [2.75, 3.05) is 11.4 Å². The van der Waals surface area contributed by atoms with Crippen molar-refractivity contribution in [2.24, 2.45) is 0 Å². The SMILES string of the molecule is CCCN1C(=O)N(c2ccc(Cl)cc2)C(=O)C12OC(=O)c1ccccc12. The Morgan fingerprint density at radius 2 is 1.73 bits per heavy atom. The van der Waals surface area contributed by atoms with E-state index in [1.54, 1.807) is 48.5 Å². The van der Waals surface area contributed by atoms with Crippen LogP contribution in [0.1, 0.15) is 29.3 Å². The number of urea groups is 1. The highest BCUT2D eigenvalue weighted by molar-refractivity contribution is 6.31. The highest BCUT2D eigenvalue weighted by atomic mass is 35.5. The topological polar surface area (TPSA) is 66.9 Å². The first-order valence-corrected chi connectivity index (χ1v) is 8.63. The van der Waals surface area contributed by atoms with Crippen molar-refractivity contribution in [3.8, 4) is 0 Å². The molecule has 26 heavy (non-hydrogen) atoms. The van der Waals surface area contributed by atoms with Crippen LogP contribution in [0.15, 0.2) is 48.5 Å². The summed E-state index contributed by atoms with van der Waals surface area (Å²) < 4.78 is 5.55. The van der Waals surface area contributed by atoms with Crippen LogP contribution in [0, 0.1) is 0 Å². The number of carbonyl (C=O) groups is 3. The summed E-state index contributed by atoms with van der Waals surface area (Å²) in [5.74, 6) is -1.21. The molecule has 2 aromatic rings. The number of rotatable bonds is 3. The highest BCUT2D eigenvalue weighted by Gasteiger charge is 2.65. The van der Waals surface area contributed by atoms with Crippen LogP contribution in [0.4, 0.5) is 10.5 Å². The molecule has 0 N–H and O–H groups in total. The number of benzene rings is 2. The van der Waals surface area contributed by atoms with Crippen LogP contribution in [-0.2, 0) is 15.3 Å². The summed E-state index contributed by atoms with van der Waals surface area (Å²) >= 11 is 5.91. The third-order valence-corrected chi connectivity index (χ3v) is 4.83. The molecule has 2 aliphatic heterocycles. The smallest absolute Gasteiger partial charge is 0.341 e. The molecule has 0 aromatic heterocycles. The van der Waals surface area contributed by atoms with Gasteiger partial charge in [-0.3, -0.25) is 9.69 Å². The minimum atomic E-state index is -1.75. The third-order valence-electron chi connectivity index (χ3n) is 4.58. The maximum Gasteiger partial charge on any atom is 0.341 e. The van der Waals surface area contributed by atoms with Gasteiger partial charge in [0, 0.05) is 17.1 Å². The van der Waals surface area contributed by atoms with Crippen molar-refractivity contribution in [2.45, 2.75) is 19.1 Å². The van der Waals surface area contributed by atoms with E-state index in [1.807, 2.05) is 6.92 Å². The van der Waals surface area contributed by atoms with E-state index in [0.29, 0.717) is 28.3 Å². The second-order valence-corrected chi connectivity index (χ2v) is 6.57. The van der Waals surface area contributed by atoms with Gasteiger partial charge in [-0.15, -0.1) is 0 Å². The molecule has 2 aromatic carbocycles. The van der Waals surface area contributed by atoms with E-state index in [-0.39, 0.29) is 6.54 Å². The second kappa shape index (κ2) is 5.85. The largest absolute Gasteiger partial charge is 0.421 e. The third kappa shape index (κ3) is 2.08. The lowest BCUT2D eigenvalue weighted by molar-refractivity contribution is -0.147. The lowest BCUT2D eigenvalue weighted by Gasteiger charge is -2.30. The van der Waals surface area contributed by atoms with E-state index in [0.717, 1.165) is 4.90 Å². The minimum absolute atomic E-state index is 0.274.